The average Bonchev–Trinajstić information content (AvgIpc) is 2.58. The van der Waals surface area contributed by atoms with Gasteiger partial charge in [-0.2, -0.15) is 0 Å². The van der Waals surface area contributed by atoms with Crippen molar-refractivity contribution in [2.75, 3.05) is 25.8 Å². The van der Waals surface area contributed by atoms with Crippen LogP contribution >= 0.6 is 0 Å². The van der Waals surface area contributed by atoms with Gasteiger partial charge in [-0.15, -0.1) is 0 Å². The molecule has 0 aliphatic carbocycles. The number of hydrogen-bond donors (Lipinski definition) is 0. The molecule has 1 aromatic rings. The van der Waals surface area contributed by atoms with Gasteiger partial charge in [0.1, 0.15) is 0 Å². The van der Waals surface area contributed by atoms with Crippen LogP contribution in [0.5, 0.6) is 0 Å². The first-order valence-corrected chi connectivity index (χ1v) is 7.44. The van der Waals surface area contributed by atoms with Gasteiger partial charge in [-0.3, -0.25) is 0 Å². The van der Waals surface area contributed by atoms with Gasteiger partial charge in [-0.25, -0.2) is 8.42 Å². The molecule has 0 amide bonds. The highest BCUT2D eigenvalue weighted by Gasteiger charge is 2.21. The van der Waals surface area contributed by atoms with Crippen molar-refractivity contribution in [3.8, 4) is 0 Å². The monoisotopic (exact) mass is 292 g/mol. The standard InChI is InChI=1S/C15H23NO2S/c1-3-9-16-10-5-7-14(12-16)13-6-4-8-15(11-13)19(2,17)18/h4,6,8,11,14H,3,5,7,9-10,12H2,1-2H3/i2D3,3D2,4D,6D,8D,9D2,11D. The van der Waals surface area contributed by atoms with Crippen molar-refractivity contribution in [2.24, 2.45) is 0 Å². The number of rotatable bonds is 4. The molecule has 106 valence electrons. The maximum atomic E-state index is 12.5. The van der Waals surface area contributed by atoms with Crippen LogP contribution in [0.15, 0.2) is 29.1 Å². The van der Waals surface area contributed by atoms with Crippen LogP contribution in [-0.2, 0) is 9.84 Å². The van der Waals surface area contributed by atoms with Gasteiger partial charge in [0.25, 0.3) is 0 Å². The highest BCUT2D eigenvalue weighted by atomic mass is 32.2. The minimum Gasteiger partial charge on any atom is -0.303 e. The minimum absolute atomic E-state index is 0.151. The van der Waals surface area contributed by atoms with Crippen molar-refractivity contribution in [3.05, 3.63) is 29.7 Å². The largest absolute Gasteiger partial charge is 0.303 e. The van der Waals surface area contributed by atoms with E-state index >= 15 is 0 Å². The lowest BCUT2D eigenvalue weighted by Gasteiger charge is -2.32. The second kappa shape index (κ2) is 6.06. The molecule has 1 aliphatic rings. The van der Waals surface area contributed by atoms with Crippen LogP contribution in [0.4, 0.5) is 0 Å². The second-order valence-electron chi connectivity index (χ2n) is 4.39. The van der Waals surface area contributed by atoms with Gasteiger partial charge in [0.15, 0.2) is 9.84 Å². The molecule has 1 unspecified atom stereocenters. The summed E-state index contributed by atoms with van der Waals surface area (Å²) >= 11 is 0. The van der Waals surface area contributed by atoms with E-state index in [2.05, 4.69) is 0 Å². The SMILES string of the molecule is [2H]c1c([2H])c(C2CCCN(C([2H])([2H])C([2H])([2H])C)C2)c([2H])c(S(=O)(=O)C([2H])([2H])[2H])c1[2H]. The summed E-state index contributed by atoms with van der Waals surface area (Å²) in [6, 6.07) is -3.28. The molecular weight excluding hydrogens is 258 g/mol. The van der Waals surface area contributed by atoms with Crippen LogP contribution in [0.25, 0.3) is 0 Å². The van der Waals surface area contributed by atoms with Crippen LogP contribution in [0.1, 0.15) is 52.7 Å². The smallest absolute Gasteiger partial charge is 0.175 e. The Morgan fingerprint density at radius 2 is 2.42 bits per heavy atom. The molecule has 1 saturated heterocycles. The zero-order valence-corrected chi connectivity index (χ0v) is 11.4. The summed E-state index contributed by atoms with van der Waals surface area (Å²) < 4.78 is 111. The maximum Gasteiger partial charge on any atom is 0.175 e. The van der Waals surface area contributed by atoms with E-state index in [1.807, 2.05) is 0 Å². The number of hydrogen-bond acceptors (Lipinski definition) is 3. The van der Waals surface area contributed by atoms with Crippen LogP contribution in [-0.4, -0.2) is 39.1 Å². The first-order valence-electron chi connectivity index (χ1n) is 11.5. The molecule has 1 atom stereocenters. The molecule has 1 heterocycles. The molecule has 0 radical (unpaired) electrons. The van der Waals surface area contributed by atoms with Crippen molar-refractivity contribution in [2.45, 2.75) is 37.0 Å². The third kappa shape index (κ3) is 3.80. The Morgan fingerprint density at radius 3 is 3.16 bits per heavy atom. The van der Waals surface area contributed by atoms with Gasteiger partial charge in [-0.1, -0.05) is 19.0 Å². The Balaban J connectivity index is 2.66. The Kier molecular flexibility index (Phi) is 1.87. The summed E-state index contributed by atoms with van der Waals surface area (Å²) in [4.78, 5) is 0.0698. The molecule has 3 nitrogen and oxygen atoms in total. The van der Waals surface area contributed by atoms with Crippen molar-refractivity contribution in [1.82, 2.24) is 4.90 Å². The normalized spacial score (nSPS) is 32.1. The molecule has 19 heavy (non-hydrogen) atoms. The van der Waals surface area contributed by atoms with Gasteiger partial charge in [-0.05, 0) is 55.8 Å². The summed E-state index contributed by atoms with van der Waals surface area (Å²) in [5, 5.41) is 0. The van der Waals surface area contributed by atoms with Crippen LogP contribution < -0.4 is 0 Å². The van der Waals surface area contributed by atoms with Gasteiger partial charge in [0.05, 0.1) is 10.4 Å². The predicted molar refractivity (Wildman–Crippen MR) is 78.3 cm³/mol. The fraction of sp³-hybridized carbons (Fsp3) is 0.600. The van der Waals surface area contributed by atoms with Crippen molar-refractivity contribution >= 4 is 9.84 Å². The lowest BCUT2D eigenvalue weighted by atomic mass is 9.90. The third-order valence-corrected chi connectivity index (χ3v) is 3.73. The summed E-state index contributed by atoms with van der Waals surface area (Å²) in [5.74, 6) is -0.800. The maximum absolute atomic E-state index is 12.5. The van der Waals surface area contributed by atoms with E-state index in [0.717, 1.165) is 6.92 Å². The van der Waals surface area contributed by atoms with E-state index in [1.54, 1.807) is 0 Å². The number of sulfone groups is 1. The fourth-order valence-electron chi connectivity index (χ4n) is 2.15. The molecule has 1 aromatic carbocycles. The van der Waals surface area contributed by atoms with Crippen LogP contribution in [0.3, 0.4) is 0 Å². The molecule has 0 saturated carbocycles. The van der Waals surface area contributed by atoms with E-state index in [9.17, 15) is 8.42 Å². The first kappa shape index (κ1) is 5.86. The van der Waals surface area contributed by atoms with E-state index in [-0.39, 0.29) is 18.7 Å². The number of nitrogens with zero attached hydrogens (tertiary/aromatic N) is 1. The van der Waals surface area contributed by atoms with Crippen LogP contribution in [0, 0.1) is 0 Å². The van der Waals surface area contributed by atoms with Crippen LogP contribution in [0.2, 0.25) is 0 Å². The molecule has 2 rings (SSSR count). The Hall–Kier alpha value is -0.870. The summed E-state index contributed by atoms with van der Waals surface area (Å²) in [6.45, 7) is -1.26. The highest BCUT2D eigenvalue weighted by Crippen LogP contribution is 2.28. The molecule has 0 N–H and O–H groups in total. The van der Waals surface area contributed by atoms with Gasteiger partial charge >= 0.3 is 0 Å². The zero-order chi connectivity index (χ0) is 23.4. The second-order valence-corrected chi connectivity index (χ2v) is 5.81. The van der Waals surface area contributed by atoms with E-state index in [1.165, 1.54) is 4.90 Å². The Bertz CT molecular complexity index is 938. The predicted octanol–water partition coefficient (Wildman–Crippen LogP) is 2.68. The quantitative estimate of drug-likeness (QED) is 0.856. The van der Waals surface area contributed by atoms with E-state index in [4.69, 9.17) is 15.1 Å². The van der Waals surface area contributed by atoms with Crippen molar-refractivity contribution in [1.29, 1.82) is 0 Å². The molecule has 0 aromatic heterocycles. The first-order chi connectivity index (χ1) is 13.4. The summed E-state index contributed by atoms with van der Waals surface area (Å²) in [6.07, 6.45) is -5.12. The van der Waals surface area contributed by atoms with Crippen molar-refractivity contribution in [3.63, 3.8) is 0 Å². The van der Waals surface area contributed by atoms with E-state index < -0.39 is 63.9 Å². The number of piperidine rings is 1. The molecule has 4 heteroatoms. The van der Waals surface area contributed by atoms with E-state index in [0.29, 0.717) is 12.8 Å². The fourth-order valence-corrected chi connectivity index (χ4v) is 2.58. The minimum atomic E-state index is -5.13. The topological polar surface area (TPSA) is 37.4 Å². The van der Waals surface area contributed by atoms with Crippen molar-refractivity contribution < 1.29 is 23.5 Å². The number of benzene rings is 1. The average molecular weight is 292 g/mol. The zero-order valence-electron chi connectivity index (χ0n) is 21.6. The lowest BCUT2D eigenvalue weighted by Crippen LogP contribution is -2.34. The molecule has 0 spiro atoms. The molecule has 1 fully saturated rings. The lowest BCUT2D eigenvalue weighted by molar-refractivity contribution is 0.208. The third-order valence-electron chi connectivity index (χ3n) is 2.99. The Morgan fingerprint density at radius 1 is 1.58 bits per heavy atom. The molecule has 1 aliphatic heterocycles. The molecule has 0 bridgehead atoms. The summed E-state index contributed by atoms with van der Waals surface area (Å²) in [7, 11) is -5.13. The molecular formula is C15H23NO2S. The van der Waals surface area contributed by atoms with Gasteiger partial charge in [0, 0.05) is 22.3 Å². The summed E-state index contributed by atoms with van der Waals surface area (Å²) in [5.41, 5.74) is -0.240. The van der Waals surface area contributed by atoms with Gasteiger partial charge in [0.2, 0.25) is 0 Å². The highest BCUT2D eigenvalue weighted by molar-refractivity contribution is 7.90. The number of likely N-dealkylation sites (tertiary alicyclic amines) is 1. The Labute approximate surface area is 132 Å². The van der Waals surface area contributed by atoms with Gasteiger partial charge < -0.3 is 4.90 Å².